The van der Waals surface area contributed by atoms with Gasteiger partial charge in [-0.2, -0.15) is 0 Å². The number of thioether (sulfide) groups is 2. The van der Waals surface area contributed by atoms with Crippen LogP contribution in [0.5, 0.6) is 11.5 Å². The van der Waals surface area contributed by atoms with Gasteiger partial charge in [-0.3, -0.25) is 47.7 Å². The summed E-state index contributed by atoms with van der Waals surface area (Å²) < 4.78 is 71.8. The number of rotatable bonds is 28. The highest BCUT2D eigenvalue weighted by Gasteiger charge is 2.54. The van der Waals surface area contributed by atoms with Crippen LogP contribution in [0.1, 0.15) is 89.0 Å². The first-order valence-electron chi connectivity index (χ1n) is 29.1. The molecule has 0 aliphatic carbocycles. The van der Waals surface area contributed by atoms with Gasteiger partial charge < -0.3 is 56.8 Å². The topological polar surface area (TPSA) is 309 Å². The van der Waals surface area contributed by atoms with Crippen molar-refractivity contribution in [1.29, 1.82) is 0 Å². The Labute approximate surface area is 538 Å². The third kappa shape index (κ3) is 19.9. The van der Waals surface area contributed by atoms with E-state index in [1.807, 2.05) is 84.9 Å². The number of carbonyl (C=O) groups excluding carboxylic acids is 8. The molecule has 0 spiro atoms. The lowest BCUT2D eigenvalue weighted by Crippen LogP contribution is -2.61. The van der Waals surface area contributed by atoms with E-state index < -0.39 is 107 Å². The van der Waals surface area contributed by atoms with E-state index in [-0.39, 0.29) is 26.4 Å². The summed E-state index contributed by atoms with van der Waals surface area (Å²) in [6.07, 6.45) is -6.10. The van der Waals surface area contributed by atoms with Crippen molar-refractivity contribution >= 4 is 82.4 Å². The molecule has 488 valence electrons. The fourth-order valence-electron chi connectivity index (χ4n) is 10.1. The maximum atomic E-state index is 12.3. The van der Waals surface area contributed by atoms with Crippen LogP contribution in [-0.2, 0) is 112 Å². The maximum Gasteiger partial charge on any atom is 0.303 e. The van der Waals surface area contributed by atoms with E-state index in [9.17, 15) is 38.4 Å². The summed E-state index contributed by atoms with van der Waals surface area (Å²) in [7, 11) is 0. The molecule has 8 rings (SSSR count). The molecule has 2 fully saturated rings. The Balaban J connectivity index is 0.913. The summed E-state index contributed by atoms with van der Waals surface area (Å²) in [4.78, 5) is 97.0. The first-order chi connectivity index (χ1) is 44.2. The van der Waals surface area contributed by atoms with E-state index in [1.54, 1.807) is 21.8 Å². The lowest BCUT2D eigenvalue weighted by Gasteiger charge is -2.44. The van der Waals surface area contributed by atoms with Gasteiger partial charge in [0, 0.05) is 66.9 Å². The van der Waals surface area contributed by atoms with Crippen LogP contribution in [0.2, 0.25) is 0 Å². The van der Waals surface area contributed by atoms with Crippen molar-refractivity contribution in [2.75, 3.05) is 24.7 Å². The molecule has 0 radical (unpaired) electrons. The molecule has 26 nitrogen and oxygen atoms in total. The molecule has 4 heterocycles. The molecular weight excluding hydrogens is 1240 g/mol. The summed E-state index contributed by atoms with van der Waals surface area (Å²) in [6.45, 7) is 9.62. The zero-order valence-electron chi connectivity index (χ0n) is 51.6. The molecule has 6 aromatic rings. The Hall–Kier alpha value is -9.12. The fraction of sp³-hybridized carbons (Fsp3) is 0.406. The number of ether oxygens (including phenoxy) is 12. The van der Waals surface area contributed by atoms with Crippen molar-refractivity contribution in [3.63, 3.8) is 0 Å². The second-order valence-corrected chi connectivity index (χ2v) is 23.3. The van der Waals surface area contributed by atoms with Gasteiger partial charge in [-0.15, -0.1) is 33.7 Å². The average molecular weight is 1310 g/mol. The monoisotopic (exact) mass is 1310 g/mol. The van der Waals surface area contributed by atoms with Crippen LogP contribution in [0.15, 0.2) is 122 Å². The van der Waals surface area contributed by atoms with Gasteiger partial charge in [-0.25, -0.2) is 0 Å². The minimum atomic E-state index is -1.27. The number of benzene rings is 4. The van der Waals surface area contributed by atoms with Crippen LogP contribution >= 0.6 is 23.5 Å². The highest BCUT2D eigenvalue weighted by Crippen LogP contribution is 2.40. The zero-order chi connectivity index (χ0) is 65.8. The smallest absolute Gasteiger partial charge is 0.303 e. The SMILES string of the molecule is CC(=O)OC[C@H]1O[C@H](SCCn2cc(COc3ccc(/C(=C(\c4ccccc4)c4ccc(OCc5cn(CCS[C@H]6O[C@H](COC(C)=O)[C@@H](OC(C)=O)[C@H](OC(C)=O)[C@@H]6OC(C)=O)nn5)cc4)c4ccccc4)cc3)nn2)[C@@H](OC(C)=O)[C@@H](OC(C)=O)[C@@H]1OC(C)=O. The highest BCUT2D eigenvalue weighted by molar-refractivity contribution is 8.00. The van der Waals surface area contributed by atoms with E-state index in [2.05, 4.69) is 44.9 Å². The summed E-state index contributed by atoms with van der Waals surface area (Å²) in [5.74, 6) is -3.62. The number of aromatic nitrogens is 6. The molecule has 28 heteroatoms. The normalized spacial score (nSPS) is 21.3. The first kappa shape index (κ1) is 68.8. The Morgan fingerprint density at radius 2 is 0.717 bits per heavy atom. The zero-order valence-corrected chi connectivity index (χ0v) is 53.3. The molecule has 0 unspecified atom stereocenters. The maximum absolute atomic E-state index is 12.3. The molecule has 0 amide bonds. The van der Waals surface area contributed by atoms with E-state index in [0.717, 1.165) is 47.2 Å². The average Bonchev–Trinajstić information content (AvgIpc) is 0.901. The van der Waals surface area contributed by atoms with Crippen molar-refractivity contribution in [2.24, 2.45) is 0 Å². The van der Waals surface area contributed by atoms with Gasteiger partial charge in [0.05, 0.1) is 25.5 Å². The molecule has 0 saturated carbocycles. The van der Waals surface area contributed by atoms with Gasteiger partial charge in [0.2, 0.25) is 0 Å². The largest absolute Gasteiger partial charge is 0.487 e. The molecule has 92 heavy (non-hydrogen) atoms. The van der Waals surface area contributed by atoms with E-state index in [0.29, 0.717) is 47.5 Å². The van der Waals surface area contributed by atoms with Crippen LogP contribution in [0.3, 0.4) is 0 Å². The molecule has 2 aliphatic rings. The highest BCUT2D eigenvalue weighted by atomic mass is 32.2. The molecule has 4 aromatic carbocycles. The van der Waals surface area contributed by atoms with Crippen LogP contribution in [-0.4, -0.2) is 162 Å². The number of esters is 8. The summed E-state index contributed by atoms with van der Waals surface area (Å²) in [5.41, 5.74) is 4.92. The third-order valence-electron chi connectivity index (χ3n) is 13.7. The van der Waals surface area contributed by atoms with Crippen molar-refractivity contribution in [2.45, 2.75) is 141 Å². The van der Waals surface area contributed by atoms with Crippen LogP contribution in [0, 0.1) is 0 Å². The van der Waals surface area contributed by atoms with Crippen LogP contribution < -0.4 is 9.47 Å². The van der Waals surface area contributed by atoms with Gasteiger partial charge in [0.1, 0.15) is 72.4 Å². The van der Waals surface area contributed by atoms with Crippen molar-refractivity contribution in [3.05, 3.63) is 155 Å². The Bertz CT molecular complexity index is 3300. The molecule has 2 saturated heterocycles. The van der Waals surface area contributed by atoms with Crippen molar-refractivity contribution < 1.29 is 95.2 Å². The summed E-state index contributed by atoms with van der Waals surface area (Å²) >= 11 is 2.45. The Kier molecular flexibility index (Phi) is 24.9. The molecular formula is C64H70N6O20S2. The molecule has 0 bridgehead atoms. The molecule has 2 aliphatic heterocycles. The van der Waals surface area contributed by atoms with E-state index in [4.69, 9.17) is 56.8 Å². The third-order valence-corrected chi connectivity index (χ3v) is 16.0. The van der Waals surface area contributed by atoms with E-state index in [1.165, 1.54) is 65.1 Å². The van der Waals surface area contributed by atoms with Crippen LogP contribution in [0.4, 0.5) is 0 Å². The fourth-order valence-corrected chi connectivity index (χ4v) is 12.4. The standard InChI is InChI=1S/C64H70N6O20S2/c1-37(71)79-35-53-57(83-39(3)73)59(85-41(5)75)61(87-43(7)77)63(89-53)91-29-27-69-31-49(65-67-69)33-81-51-23-19-47(20-24-51)55(45-15-11-9-12-16-45)56(46-17-13-10-14-18-46)48-21-25-52(26-22-48)82-34-50-32-70(68-66-50)28-30-92-64-62(88-44(8)78)60(86-42(6)76)58(84-40(4)74)54(90-64)36-80-38(2)72/h9-26,31-32,53-54,57-64H,27-30,33-36H2,1-8H3/b56-55+/t53-,54-,57-,58-,59+,60+,61+,62+,63-,64-/m1/s1. The van der Waals surface area contributed by atoms with Gasteiger partial charge in [0.15, 0.2) is 36.6 Å². The summed E-state index contributed by atoms with van der Waals surface area (Å²) in [5, 5.41) is 17.2. The number of hydrogen-bond acceptors (Lipinski definition) is 26. The van der Waals surface area contributed by atoms with Gasteiger partial charge >= 0.3 is 47.8 Å². The quantitative estimate of drug-likeness (QED) is 0.0281. The van der Waals surface area contributed by atoms with Gasteiger partial charge in [-0.1, -0.05) is 95.4 Å². The number of nitrogens with zero attached hydrogens (tertiary/aromatic N) is 6. The van der Waals surface area contributed by atoms with Crippen molar-refractivity contribution in [1.82, 2.24) is 30.0 Å². The van der Waals surface area contributed by atoms with Gasteiger partial charge in [-0.05, 0) is 57.7 Å². The summed E-state index contributed by atoms with van der Waals surface area (Å²) in [6, 6.07) is 35.7. The lowest BCUT2D eigenvalue weighted by molar-refractivity contribution is -0.237. The number of hydrogen-bond donors (Lipinski definition) is 0. The minimum Gasteiger partial charge on any atom is -0.487 e. The molecule has 2 aromatic heterocycles. The second-order valence-electron chi connectivity index (χ2n) is 20.9. The first-order valence-corrected chi connectivity index (χ1v) is 31.2. The number of carbonyl (C=O) groups is 8. The van der Waals surface area contributed by atoms with Gasteiger partial charge in [0.25, 0.3) is 0 Å². The molecule has 0 N–H and O–H groups in total. The second kappa shape index (κ2) is 33.3. The lowest BCUT2D eigenvalue weighted by atomic mass is 9.86. The predicted octanol–water partition coefficient (Wildman–Crippen LogP) is 6.67. The van der Waals surface area contributed by atoms with E-state index >= 15 is 0 Å². The minimum absolute atomic E-state index is 0.0955. The van der Waals surface area contributed by atoms with Crippen LogP contribution in [0.25, 0.3) is 11.1 Å². The molecule has 10 atom stereocenters. The van der Waals surface area contributed by atoms with Crippen molar-refractivity contribution in [3.8, 4) is 11.5 Å². The Morgan fingerprint density at radius 3 is 1.04 bits per heavy atom. The number of aryl methyl sites for hydroxylation is 2. The predicted molar refractivity (Wildman–Crippen MR) is 328 cm³/mol. The Morgan fingerprint density at radius 1 is 0.402 bits per heavy atom.